The van der Waals surface area contributed by atoms with E-state index in [2.05, 4.69) is 24.1 Å². The Morgan fingerprint density at radius 2 is 1.21 bits per heavy atom. The number of rotatable bonds is 25. The second kappa shape index (κ2) is 23.5. The van der Waals surface area contributed by atoms with E-state index in [9.17, 15) is 9.59 Å². The van der Waals surface area contributed by atoms with Gasteiger partial charge < -0.3 is 26.2 Å². The van der Waals surface area contributed by atoms with Crippen LogP contribution in [-0.2, 0) is 9.59 Å². The van der Waals surface area contributed by atoms with Crippen molar-refractivity contribution >= 4 is 11.8 Å². The van der Waals surface area contributed by atoms with E-state index in [0.717, 1.165) is 12.8 Å². The molecule has 2 amide bonds. The van der Waals surface area contributed by atoms with E-state index in [1.165, 1.54) is 57.8 Å². The Balaban J connectivity index is 4.08. The summed E-state index contributed by atoms with van der Waals surface area (Å²) in [7, 11) is 0. The van der Waals surface area contributed by atoms with Crippen LogP contribution in [0.5, 0.6) is 0 Å². The van der Waals surface area contributed by atoms with E-state index in [0.29, 0.717) is 45.7 Å². The Bertz CT molecular complexity index is 487. The quantitative estimate of drug-likeness (QED) is 0.147. The molecule has 0 aliphatic carbocycles. The number of unbranched alkanes of at least 4 members (excludes halogenated alkanes) is 9. The second-order valence-electron chi connectivity index (χ2n) is 9.54. The fourth-order valence-electron chi connectivity index (χ4n) is 4.12. The third-order valence-corrected chi connectivity index (χ3v) is 6.29. The number of nitrogens with one attached hydrogen (secondary N) is 1. The number of nitrogens with zero attached hydrogens (tertiary/aromatic N) is 2. The lowest BCUT2D eigenvalue weighted by Crippen LogP contribution is -2.41. The molecule has 0 aromatic carbocycles. The van der Waals surface area contributed by atoms with Gasteiger partial charge in [0.1, 0.15) is 0 Å². The van der Waals surface area contributed by atoms with Gasteiger partial charge in [-0.2, -0.15) is 0 Å². The van der Waals surface area contributed by atoms with Crippen molar-refractivity contribution in [3.8, 4) is 0 Å². The first-order valence-electron chi connectivity index (χ1n) is 13.7. The summed E-state index contributed by atoms with van der Waals surface area (Å²) in [6, 6.07) is 0.171. The first-order chi connectivity index (χ1) is 16.4. The van der Waals surface area contributed by atoms with Gasteiger partial charge >= 0.3 is 0 Å². The van der Waals surface area contributed by atoms with Gasteiger partial charge in [-0.1, -0.05) is 71.1 Å². The maximum absolute atomic E-state index is 12.4. The van der Waals surface area contributed by atoms with Crippen LogP contribution in [0.4, 0.5) is 0 Å². The van der Waals surface area contributed by atoms with Gasteiger partial charge in [-0.15, -0.1) is 0 Å². The third-order valence-electron chi connectivity index (χ3n) is 6.29. The Kier molecular flexibility index (Phi) is 22.7. The number of carbonyl (C=O) groups is 2. The van der Waals surface area contributed by atoms with Crippen LogP contribution in [0, 0.1) is 0 Å². The number of hydrogen-bond donors (Lipinski definition) is 4. The minimum absolute atomic E-state index is 0.0284. The number of nitrogens with two attached hydrogens (primary N) is 1. The van der Waals surface area contributed by atoms with E-state index < -0.39 is 0 Å². The Hall–Kier alpha value is -1.22. The highest BCUT2D eigenvalue weighted by molar-refractivity contribution is 5.76. The summed E-state index contributed by atoms with van der Waals surface area (Å²) in [4.78, 5) is 27.6. The highest BCUT2D eigenvalue weighted by atomic mass is 16.3. The average Bonchev–Trinajstić information content (AvgIpc) is 2.79. The number of carbonyl (C=O) groups excluding carboxylic acids is 2. The summed E-state index contributed by atoms with van der Waals surface area (Å²) in [5.74, 6) is -0.326. The fourth-order valence-corrected chi connectivity index (χ4v) is 4.12. The lowest BCUT2D eigenvalue weighted by Gasteiger charge is -2.26. The summed E-state index contributed by atoms with van der Waals surface area (Å²) in [5.41, 5.74) is 5.30. The first kappa shape index (κ1) is 32.8. The SMILES string of the molecule is CCCCCCCCCCCCC(C)NC(=O)CCN(CCC(N)=O)CCN(CCO)CCO. The summed E-state index contributed by atoms with van der Waals surface area (Å²) >= 11 is 0. The van der Waals surface area contributed by atoms with Crippen molar-refractivity contribution in [2.24, 2.45) is 5.73 Å². The van der Waals surface area contributed by atoms with E-state index in [1.807, 2.05) is 4.90 Å². The summed E-state index contributed by atoms with van der Waals surface area (Å²) in [6.45, 7) is 7.70. The third kappa shape index (κ3) is 21.3. The van der Waals surface area contributed by atoms with Crippen LogP contribution in [-0.4, -0.2) is 90.4 Å². The molecule has 202 valence electrons. The zero-order valence-electron chi connectivity index (χ0n) is 22.1. The smallest absolute Gasteiger partial charge is 0.221 e. The van der Waals surface area contributed by atoms with Crippen LogP contribution in [0.2, 0.25) is 0 Å². The molecule has 0 aliphatic heterocycles. The van der Waals surface area contributed by atoms with Gasteiger partial charge in [0, 0.05) is 58.2 Å². The number of amides is 2. The molecule has 0 bridgehead atoms. The summed E-state index contributed by atoms with van der Waals surface area (Å²) in [6.07, 6.45) is 14.7. The van der Waals surface area contributed by atoms with Gasteiger partial charge in [0.2, 0.25) is 11.8 Å². The van der Waals surface area contributed by atoms with Gasteiger partial charge in [-0.05, 0) is 13.3 Å². The Labute approximate surface area is 208 Å². The summed E-state index contributed by atoms with van der Waals surface area (Å²) < 4.78 is 0. The van der Waals surface area contributed by atoms with E-state index in [4.69, 9.17) is 15.9 Å². The molecule has 0 aromatic heterocycles. The Morgan fingerprint density at radius 3 is 1.71 bits per heavy atom. The van der Waals surface area contributed by atoms with E-state index in [-0.39, 0.29) is 37.5 Å². The monoisotopic (exact) mass is 486 g/mol. The van der Waals surface area contributed by atoms with Crippen molar-refractivity contribution in [1.29, 1.82) is 0 Å². The van der Waals surface area contributed by atoms with Gasteiger partial charge in [0.05, 0.1) is 13.2 Å². The molecule has 8 nitrogen and oxygen atoms in total. The molecular formula is C26H54N4O4. The van der Waals surface area contributed by atoms with Crippen LogP contribution in [0.25, 0.3) is 0 Å². The van der Waals surface area contributed by atoms with Gasteiger partial charge in [0.15, 0.2) is 0 Å². The molecule has 0 saturated heterocycles. The second-order valence-corrected chi connectivity index (χ2v) is 9.54. The molecule has 34 heavy (non-hydrogen) atoms. The molecule has 0 aromatic rings. The highest BCUT2D eigenvalue weighted by Crippen LogP contribution is 2.12. The molecule has 0 radical (unpaired) electrons. The molecule has 0 rings (SSSR count). The van der Waals surface area contributed by atoms with Crippen LogP contribution in [0.1, 0.15) is 97.3 Å². The zero-order chi connectivity index (χ0) is 25.4. The van der Waals surface area contributed by atoms with Crippen molar-refractivity contribution in [1.82, 2.24) is 15.1 Å². The molecule has 0 heterocycles. The standard InChI is InChI=1S/C26H54N4O4/c1-3-4-5-6-7-8-9-10-11-12-13-24(2)28-26(34)15-17-29(16-14-25(27)33)18-19-30(20-22-31)21-23-32/h24,31-32H,3-23H2,1-2H3,(H2,27,33)(H,28,34). The number of primary amides is 1. The molecular weight excluding hydrogens is 432 g/mol. The molecule has 0 fully saturated rings. The maximum Gasteiger partial charge on any atom is 0.221 e. The maximum atomic E-state index is 12.4. The molecule has 0 spiro atoms. The normalized spacial score (nSPS) is 12.4. The summed E-state index contributed by atoms with van der Waals surface area (Å²) in [5, 5.41) is 21.4. The fraction of sp³-hybridized carbons (Fsp3) is 0.923. The van der Waals surface area contributed by atoms with Crippen molar-refractivity contribution in [3.63, 3.8) is 0 Å². The molecule has 5 N–H and O–H groups in total. The molecule has 0 aliphatic rings. The van der Waals surface area contributed by atoms with Gasteiger partial charge in [-0.25, -0.2) is 0 Å². The number of aliphatic hydroxyl groups is 2. The van der Waals surface area contributed by atoms with E-state index >= 15 is 0 Å². The minimum atomic E-state index is -0.359. The molecule has 8 heteroatoms. The largest absolute Gasteiger partial charge is 0.395 e. The van der Waals surface area contributed by atoms with E-state index in [1.54, 1.807) is 0 Å². The zero-order valence-corrected chi connectivity index (χ0v) is 22.1. The van der Waals surface area contributed by atoms with Crippen LogP contribution in [0.3, 0.4) is 0 Å². The van der Waals surface area contributed by atoms with Gasteiger partial charge in [-0.3, -0.25) is 14.5 Å². The van der Waals surface area contributed by atoms with Crippen LogP contribution >= 0.6 is 0 Å². The van der Waals surface area contributed by atoms with Gasteiger partial charge in [0.25, 0.3) is 0 Å². The lowest BCUT2D eigenvalue weighted by atomic mass is 10.0. The first-order valence-corrected chi connectivity index (χ1v) is 13.7. The van der Waals surface area contributed by atoms with Crippen molar-refractivity contribution in [3.05, 3.63) is 0 Å². The van der Waals surface area contributed by atoms with Crippen LogP contribution in [0.15, 0.2) is 0 Å². The average molecular weight is 487 g/mol. The Morgan fingerprint density at radius 1 is 0.735 bits per heavy atom. The topological polar surface area (TPSA) is 119 Å². The lowest BCUT2D eigenvalue weighted by molar-refractivity contribution is -0.122. The molecule has 1 unspecified atom stereocenters. The predicted octanol–water partition coefficient (Wildman–Crippen LogP) is 2.66. The molecule has 1 atom stereocenters. The number of aliphatic hydroxyl groups excluding tert-OH is 2. The predicted molar refractivity (Wildman–Crippen MR) is 140 cm³/mol. The number of hydrogen-bond acceptors (Lipinski definition) is 6. The van der Waals surface area contributed by atoms with Crippen molar-refractivity contribution in [2.75, 3.05) is 52.5 Å². The van der Waals surface area contributed by atoms with Crippen molar-refractivity contribution < 1.29 is 19.8 Å². The van der Waals surface area contributed by atoms with Crippen molar-refractivity contribution in [2.45, 2.75) is 103 Å². The molecule has 0 saturated carbocycles. The minimum Gasteiger partial charge on any atom is -0.395 e. The van der Waals surface area contributed by atoms with Crippen LogP contribution < -0.4 is 11.1 Å². The highest BCUT2D eigenvalue weighted by Gasteiger charge is 2.13.